The van der Waals surface area contributed by atoms with Gasteiger partial charge in [-0.15, -0.1) is 0 Å². The predicted molar refractivity (Wildman–Crippen MR) is 88.9 cm³/mol. The van der Waals surface area contributed by atoms with Crippen molar-refractivity contribution in [3.63, 3.8) is 0 Å². The van der Waals surface area contributed by atoms with Gasteiger partial charge in [-0.1, -0.05) is 18.2 Å². The van der Waals surface area contributed by atoms with Gasteiger partial charge in [0.1, 0.15) is 11.2 Å². The predicted octanol–water partition coefficient (Wildman–Crippen LogP) is 4.20. The smallest absolute Gasteiger partial charge is 0.307 e. The number of fused-ring (bicyclic) bond motifs is 3. The van der Waals surface area contributed by atoms with Crippen LogP contribution in [0.2, 0.25) is 0 Å². The Morgan fingerprint density at radius 1 is 1.00 bits per heavy atom. The monoisotopic (exact) mass is 336 g/mol. The maximum absolute atomic E-state index is 11.4. The minimum Gasteiger partial charge on any atom is -0.481 e. The van der Waals surface area contributed by atoms with Crippen LogP contribution in [-0.4, -0.2) is 17.9 Å². The first-order chi connectivity index (χ1) is 12.2. The molecule has 0 aliphatic carbocycles. The first kappa shape index (κ1) is 14.0. The SMILES string of the molecule is O=C(O)Cc1c(-c2cc3ccccc3o2)oc2cc3c(cc12)OCO3. The van der Waals surface area contributed by atoms with Gasteiger partial charge in [-0.3, -0.25) is 4.79 Å². The van der Waals surface area contributed by atoms with Crippen LogP contribution in [-0.2, 0) is 11.2 Å². The topological polar surface area (TPSA) is 82.0 Å². The minimum atomic E-state index is -0.947. The zero-order valence-corrected chi connectivity index (χ0v) is 12.9. The molecule has 0 radical (unpaired) electrons. The zero-order valence-electron chi connectivity index (χ0n) is 12.9. The highest BCUT2D eigenvalue weighted by Gasteiger charge is 2.24. The fourth-order valence-electron chi connectivity index (χ4n) is 3.16. The molecule has 25 heavy (non-hydrogen) atoms. The van der Waals surface area contributed by atoms with Crippen molar-refractivity contribution in [2.24, 2.45) is 0 Å². The quantitative estimate of drug-likeness (QED) is 0.604. The Morgan fingerprint density at radius 2 is 1.80 bits per heavy atom. The molecule has 0 fully saturated rings. The molecule has 0 saturated heterocycles. The van der Waals surface area contributed by atoms with Crippen LogP contribution in [0.4, 0.5) is 0 Å². The molecule has 2 aromatic heterocycles. The number of carbonyl (C=O) groups is 1. The fourth-order valence-corrected chi connectivity index (χ4v) is 3.16. The van der Waals surface area contributed by atoms with E-state index in [2.05, 4.69) is 0 Å². The van der Waals surface area contributed by atoms with Crippen LogP contribution in [0.15, 0.2) is 51.3 Å². The summed E-state index contributed by atoms with van der Waals surface area (Å²) in [6, 6.07) is 12.9. The van der Waals surface area contributed by atoms with Crippen molar-refractivity contribution >= 4 is 27.9 Å². The van der Waals surface area contributed by atoms with Gasteiger partial charge in [0, 0.05) is 22.4 Å². The fraction of sp³-hybridized carbons (Fsp3) is 0.105. The van der Waals surface area contributed by atoms with Gasteiger partial charge in [-0.05, 0) is 18.2 Å². The van der Waals surface area contributed by atoms with E-state index in [1.807, 2.05) is 30.3 Å². The summed E-state index contributed by atoms with van der Waals surface area (Å²) in [4.78, 5) is 11.4. The molecule has 0 unspecified atom stereocenters. The second-order valence-corrected chi connectivity index (χ2v) is 5.83. The van der Waals surface area contributed by atoms with Crippen LogP contribution in [0.1, 0.15) is 5.56 Å². The summed E-state index contributed by atoms with van der Waals surface area (Å²) in [7, 11) is 0. The van der Waals surface area contributed by atoms with Crippen LogP contribution < -0.4 is 9.47 Å². The number of para-hydroxylation sites is 1. The Hall–Kier alpha value is -3.41. The third-order valence-electron chi connectivity index (χ3n) is 4.26. The van der Waals surface area contributed by atoms with Gasteiger partial charge in [-0.2, -0.15) is 0 Å². The zero-order chi connectivity index (χ0) is 17.0. The highest BCUT2D eigenvalue weighted by molar-refractivity contribution is 5.94. The third kappa shape index (κ3) is 2.15. The second-order valence-electron chi connectivity index (χ2n) is 5.83. The van der Waals surface area contributed by atoms with E-state index in [1.54, 1.807) is 12.1 Å². The van der Waals surface area contributed by atoms with Gasteiger partial charge in [0.15, 0.2) is 23.0 Å². The number of rotatable bonds is 3. The Morgan fingerprint density at radius 3 is 2.60 bits per heavy atom. The lowest BCUT2D eigenvalue weighted by Gasteiger charge is -1.98. The number of hydrogen-bond donors (Lipinski definition) is 1. The normalized spacial score (nSPS) is 13.0. The van der Waals surface area contributed by atoms with Crippen molar-refractivity contribution in [1.29, 1.82) is 0 Å². The largest absolute Gasteiger partial charge is 0.481 e. The molecule has 3 heterocycles. The second kappa shape index (κ2) is 5.04. The molecular formula is C19H12O6. The van der Waals surface area contributed by atoms with Crippen LogP contribution in [0.3, 0.4) is 0 Å². The van der Waals surface area contributed by atoms with Crippen molar-refractivity contribution in [2.75, 3.05) is 6.79 Å². The molecule has 2 aromatic carbocycles. The van der Waals surface area contributed by atoms with Gasteiger partial charge in [0.05, 0.1) is 6.42 Å². The van der Waals surface area contributed by atoms with Crippen LogP contribution in [0.5, 0.6) is 11.5 Å². The average Bonchev–Trinajstić information content (AvgIpc) is 3.28. The number of ether oxygens (including phenoxy) is 2. The van der Waals surface area contributed by atoms with E-state index in [1.165, 1.54) is 0 Å². The number of carboxylic acid groups (broad SMARTS) is 1. The number of benzene rings is 2. The molecule has 6 nitrogen and oxygen atoms in total. The van der Waals surface area contributed by atoms with Crippen molar-refractivity contribution in [2.45, 2.75) is 6.42 Å². The number of aliphatic carboxylic acids is 1. The number of furan rings is 2. The van der Waals surface area contributed by atoms with E-state index in [0.717, 1.165) is 5.39 Å². The molecular weight excluding hydrogens is 324 g/mol. The Balaban J connectivity index is 1.77. The standard InChI is InChI=1S/C19H12O6/c20-18(21)7-12-11-6-15-16(23-9-22-15)8-14(11)25-19(12)17-5-10-3-1-2-4-13(10)24-17/h1-6,8H,7,9H2,(H,20,21). The summed E-state index contributed by atoms with van der Waals surface area (Å²) in [6.07, 6.45) is -0.182. The Labute approximate surface area is 141 Å². The number of carboxylic acids is 1. The van der Waals surface area contributed by atoms with Crippen molar-refractivity contribution in [3.05, 3.63) is 48.0 Å². The van der Waals surface area contributed by atoms with E-state index in [-0.39, 0.29) is 13.2 Å². The molecule has 1 aliphatic heterocycles. The lowest BCUT2D eigenvalue weighted by atomic mass is 10.1. The van der Waals surface area contributed by atoms with E-state index in [9.17, 15) is 9.90 Å². The van der Waals surface area contributed by atoms with Gasteiger partial charge in [-0.25, -0.2) is 0 Å². The van der Waals surface area contributed by atoms with E-state index < -0.39 is 5.97 Å². The van der Waals surface area contributed by atoms with Crippen LogP contribution in [0, 0.1) is 0 Å². The first-order valence-corrected chi connectivity index (χ1v) is 7.75. The summed E-state index contributed by atoms with van der Waals surface area (Å²) in [5.41, 5.74) is 1.81. The Kier molecular flexibility index (Phi) is 2.82. The molecule has 0 saturated carbocycles. The summed E-state index contributed by atoms with van der Waals surface area (Å²) >= 11 is 0. The summed E-state index contributed by atoms with van der Waals surface area (Å²) in [5, 5.41) is 10.9. The molecule has 0 spiro atoms. The summed E-state index contributed by atoms with van der Waals surface area (Å²) < 4.78 is 22.6. The molecule has 0 bridgehead atoms. The van der Waals surface area contributed by atoms with Gasteiger partial charge < -0.3 is 23.4 Å². The molecule has 0 atom stereocenters. The lowest BCUT2D eigenvalue weighted by molar-refractivity contribution is -0.136. The third-order valence-corrected chi connectivity index (χ3v) is 4.26. The van der Waals surface area contributed by atoms with Crippen molar-refractivity contribution < 1.29 is 28.2 Å². The lowest BCUT2D eigenvalue weighted by Crippen LogP contribution is -2.00. The van der Waals surface area contributed by atoms with Crippen molar-refractivity contribution in [1.82, 2.24) is 0 Å². The minimum absolute atomic E-state index is 0.145. The highest BCUT2D eigenvalue weighted by atomic mass is 16.7. The summed E-state index contributed by atoms with van der Waals surface area (Å²) in [5.74, 6) is 1.13. The van der Waals surface area contributed by atoms with Crippen LogP contribution >= 0.6 is 0 Å². The number of hydrogen-bond acceptors (Lipinski definition) is 5. The van der Waals surface area contributed by atoms with Crippen molar-refractivity contribution in [3.8, 4) is 23.0 Å². The van der Waals surface area contributed by atoms with Gasteiger partial charge in [0.2, 0.25) is 6.79 Å². The molecule has 1 aliphatic rings. The molecule has 4 aromatic rings. The van der Waals surface area contributed by atoms with Gasteiger partial charge in [0.25, 0.3) is 0 Å². The molecule has 6 heteroatoms. The van der Waals surface area contributed by atoms with Gasteiger partial charge >= 0.3 is 5.97 Å². The first-order valence-electron chi connectivity index (χ1n) is 7.75. The Bertz CT molecular complexity index is 1100. The van der Waals surface area contributed by atoms with Crippen LogP contribution in [0.25, 0.3) is 33.5 Å². The van der Waals surface area contributed by atoms with E-state index >= 15 is 0 Å². The van der Waals surface area contributed by atoms with E-state index in [0.29, 0.717) is 45.1 Å². The highest BCUT2D eigenvalue weighted by Crippen LogP contribution is 2.42. The summed E-state index contributed by atoms with van der Waals surface area (Å²) in [6.45, 7) is 0.145. The molecule has 5 rings (SSSR count). The molecule has 124 valence electrons. The molecule has 1 N–H and O–H groups in total. The molecule has 0 amide bonds. The maximum Gasteiger partial charge on any atom is 0.307 e. The van der Waals surface area contributed by atoms with E-state index in [4.69, 9.17) is 18.3 Å². The maximum atomic E-state index is 11.4. The average molecular weight is 336 g/mol.